The van der Waals surface area contributed by atoms with Crippen molar-refractivity contribution >= 4 is 45.7 Å². The summed E-state index contributed by atoms with van der Waals surface area (Å²) in [7, 11) is 0. The summed E-state index contributed by atoms with van der Waals surface area (Å²) >= 11 is 8.88. The average Bonchev–Trinajstić information content (AvgIpc) is 2.72. The first kappa shape index (κ1) is 13.5. The summed E-state index contributed by atoms with van der Waals surface area (Å²) in [5.74, 6) is 0.612. The maximum atomic E-state index is 5.85. The molecule has 3 N–H and O–H groups in total. The van der Waals surface area contributed by atoms with Crippen molar-refractivity contribution < 1.29 is 0 Å². The highest BCUT2D eigenvalue weighted by molar-refractivity contribution is 7.99. The van der Waals surface area contributed by atoms with Gasteiger partial charge in [-0.25, -0.2) is 0 Å². The van der Waals surface area contributed by atoms with Crippen LogP contribution in [0.25, 0.3) is 0 Å². The van der Waals surface area contributed by atoms with Gasteiger partial charge in [-0.1, -0.05) is 23.7 Å². The molecule has 1 aromatic carbocycles. The van der Waals surface area contributed by atoms with Crippen molar-refractivity contribution in [2.45, 2.75) is 11.3 Å². The van der Waals surface area contributed by atoms with E-state index in [1.807, 2.05) is 30.5 Å². The SMILES string of the molecule is CSc1c(N)nsc1NCCc1ccc(Cl)cc1. The van der Waals surface area contributed by atoms with Gasteiger partial charge in [0, 0.05) is 11.6 Å². The molecule has 96 valence electrons. The number of hydrogen-bond donors (Lipinski definition) is 2. The molecule has 0 aliphatic heterocycles. The summed E-state index contributed by atoms with van der Waals surface area (Å²) in [5.41, 5.74) is 7.03. The van der Waals surface area contributed by atoms with E-state index in [9.17, 15) is 0 Å². The minimum Gasteiger partial charge on any atom is -0.382 e. The number of anilines is 2. The van der Waals surface area contributed by atoms with E-state index < -0.39 is 0 Å². The Hall–Kier alpha value is -0.910. The van der Waals surface area contributed by atoms with E-state index in [2.05, 4.69) is 9.69 Å². The number of hydrogen-bond acceptors (Lipinski definition) is 5. The summed E-state index contributed by atoms with van der Waals surface area (Å²) in [6.07, 6.45) is 2.95. The standard InChI is InChI=1S/C12H14ClN3S2/c1-17-10-11(14)16-18-12(10)15-7-6-8-2-4-9(13)5-3-8/h2-5,15H,6-7H2,1H3,(H2,14,16). The molecule has 1 heterocycles. The fraction of sp³-hybridized carbons (Fsp3) is 0.250. The van der Waals surface area contributed by atoms with E-state index in [1.165, 1.54) is 17.1 Å². The lowest BCUT2D eigenvalue weighted by Gasteiger charge is -2.05. The van der Waals surface area contributed by atoms with Gasteiger partial charge in [-0.05, 0) is 41.9 Å². The fourth-order valence-corrected chi connectivity index (χ4v) is 3.27. The van der Waals surface area contributed by atoms with E-state index in [0.717, 1.165) is 27.9 Å². The molecule has 3 nitrogen and oxygen atoms in total. The number of nitrogen functional groups attached to an aromatic ring is 1. The Balaban J connectivity index is 1.90. The predicted molar refractivity (Wildman–Crippen MR) is 82.0 cm³/mol. The first-order valence-corrected chi connectivity index (χ1v) is 7.85. The molecule has 0 unspecified atom stereocenters. The zero-order chi connectivity index (χ0) is 13.0. The van der Waals surface area contributed by atoms with E-state index >= 15 is 0 Å². The predicted octanol–water partition coefficient (Wildman–Crippen LogP) is 3.76. The number of benzene rings is 1. The van der Waals surface area contributed by atoms with Crippen LogP contribution in [-0.4, -0.2) is 17.2 Å². The minimum absolute atomic E-state index is 0.612. The molecular weight excluding hydrogens is 286 g/mol. The molecule has 6 heteroatoms. The van der Waals surface area contributed by atoms with E-state index in [0.29, 0.717) is 5.82 Å². The van der Waals surface area contributed by atoms with E-state index in [4.69, 9.17) is 17.3 Å². The molecule has 0 amide bonds. The van der Waals surface area contributed by atoms with Crippen molar-refractivity contribution in [2.24, 2.45) is 0 Å². The molecule has 0 saturated heterocycles. The Morgan fingerprint density at radius 1 is 1.39 bits per heavy atom. The molecule has 0 fully saturated rings. The topological polar surface area (TPSA) is 50.9 Å². The molecule has 2 rings (SSSR count). The Bertz CT molecular complexity index is 511. The van der Waals surface area contributed by atoms with E-state index in [-0.39, 0.29) is 0 Å². The maximum Gasteiger partial charge on any atom is 0.153 e. The van der Waals surface area contributed by atoms with Crippen LogP contribution in [0.5, 0.6) is 0 Å². The van der Waals surface area contributed by atoms with Gasteiger partial charge in [-0.2, -0.15) is 4.37 Å². The summed E-state index contributed by atoms with van der Waals surface area (Å²) in [5, 5.41) is 5.19. The highest BCUT2D eigenvalue weighted by Gasteiger charge is 2.09. The number of nitrogens with one attached hydrogen (secondary N) is 1. The quantitative estimate of drug-likeness (QED) is 0.826. The summed E-state index contributed by atoms with van der Waals surface area (Å²) in [4.78, 5) is 1.04. The van der Waals surface area contributed by atoms with Gasteiger partial charge in [0.25, 0.3) is 0 Å². The summed E-state index contributed by atoms with van der Waals surface area (Å²) in [6, 6.07) is 7.91. The third kappa shape index (κ3) is 3.31. The second-order valence-corrected chi connectivity index (χ2v) is 5.76. The van der Waals surface area contributed by atoms with Crippen LogP contribution in [0.15, 0.2) is 29.2 Å². The third-order valence-electron chi connectivity index (χ3n) is 2.49. The Kier molecular flexibility index (Phi) is 4.74. The molecule has 1 aromatic heterocycles. The van der Waals surface area contributed by atoms with E-state index in [1.54, 1.807) is 11.8 Å². The van der Waals surface area contributed by atoms with Crippen molar-refractivity contribution in [1.82, 2.24) is 4.37 Å². The fourth-order valence-electron chi connectivity index (χ4n) is 1.58. The van der Waals surface area contributed by atoms with Crippen molar-refractivity contribution in [3.05, 3.63) is 34.9 Å². The van der Waals surface area contributed by atoms with Crippen molar-refractivity contribution in [3.63, 3.8) is 0 Å². The molecule has 0 radical (unpaired) electrons. The van der Waals surface area contributed by atoms with Crippen LogP contribution in [0, 0.1) is 0 Å². The van der Waals surface area contributed by atoms with Gasteiger partial charge < -0.3 is 11.1 Å². The third-order valence-corrected chi connectivity index (χ3v) is 4.51. The zero-order valence-corrected chi connectivity index (χ0v) is 12.3. The Labute approximate surface area is 120 Å². The largest absolute Gasteiger partial charge is 0.382 e. The van der Waals surface area contributed by atoms with Gasteiger partial charge in [-0.15, -0.1) is 11.8 Å². The number of nitrogens with zero attached hydrogens (tertiary/aromatic N) is 1. The van der Waals surface area contributed by atoms with Crippen LogP contribution >= 0.6 is 34.9 Å². The Morgan fingerprint density at radius 2 is 2.11 bits per heavy atom. The lowest BCUT2D eigenvalue weighted by atomic mass is 10.1. The first-order valence-electron chi connectivity index (χ1n) is 5.48. The van der Waals surface area contributed by atoms with Crippen LogP contribution in [-0.2, 0) is 6.42 Å². The zero-order valence-electron chi connectivity index (χ0n) is 9.94. The monoisotopic (exact) mass is 299 g/mol. The van der Waals surface area contributed by atoms with Crippen LogP contribution in [0.3, 0.4) is 0 Å². The molecular formula is C12H14ClN3S2. The van der Waals surface area contributed by atoms with Crippen LogP contribution in [0.2, 0.25) is 5.02 Å². The number of halogens is 1. The van der Waals surface area contributed by atoms with Crippen molar-refractivity contribution in [3.8, 4) is 0 Å². The van der Waals surface area contributed by atoms with Gasteiger partial charge in [-0.3, -0.25) is 0 Å². The van der Waals surface area contributed by atoms with Gasteiger partial charge >= 0.3 is 0 Å². The van der Waals surface area contributed by atoms with Gasteiger partial charge in [0.05, 0.1) is 4.90 Å². The number of aromatic nitrogens is 1. The number of rotatable bonds is 5. The first-order chi connectivity index (χ1) is 8.70. The van der Waals surface area contributed by atoms with Gasteiger partial charge in [0.1, 0.15) is 5.00 Å². The minimum atomic E-state index is 0.612. The second kappa shape index (κ2) is 6.31. The van der Waals surface area contributed by atoms with Crippen LogP contribution < -0.4 is 11.1 Å². The smallest absolute Gasteiger partial charge is 0.153 e. The second-order valence-electron chi connectivity index (χ2n) is 3.73. The lowest BCUT2D eigenvalue weighted by molar-refractivity contribution is 1.02. The average molecular weight is 300 g/mol. The number of thioether (sulfide) groups is 1. The molecule has 2 aromatic rings. The molecule has 18 heavy (non-hydrogen) atoms. The summed E-state index contributed by atoms with van der Waals surface area (Å²) in [6.45, 7) is 0.858. The molecule has 0 atom stereocenters. The highest BCUT2D eigenvalue weighted by Crippen LogP contribution is 2.34. The highest BCUT2D eigenvalue weighted by atomic mass is 35.5. The molecule has 0 aliphatic carbocycles. The molecule has 0 spiro atoms. The molecule has 0 bridgehead atoms. The Morgan fingerprint density at radius 3 is 2.78 bits per heavy atom. The van der Waals surface area contributed by atoms with Crippen LogP contribution in [0.1, 0.15) is 5.56 Å². The van der Waals surface area contributed by atoms with Gasteiger partial charge in [0.15, 0.2) is 5.82 Å². The van der Waals surface area contributed by atoms with Crippen molar-refractivity contribution in [2.75, 3.05) is 23.9 Å². The molecule has 0 saturated carbocycles. The summed E-state index contributed by atoms with van der Waals surface area (Å²) < 4.78 is 4.14. The lowest BCUT2D eigenvalue weighted by Crippen LogP contribution is -2.04. The maximum absolute atomic E-state index is 5.85. The normalized spacial score (nSPS) is 10.6. The molecule has 0 aliphatic rings. The van der Waals surface area contributed by atoms with Crippen LogP contribution in [0.4, 0.5) is 10.8 Å². The van der Waals surface area contributed by atoms with Crippen molar-refractivity contribution in [1.29, 1.82) is 0 Å². The van der Waals surface area contributed by atoms with Gasteiger partial charge in [0.2, 0.25) is 0 Å². The number of nitrogens with two attached hydrogens (primary N) is 1.